The molecule has 1 aliphatic heterocycles. The van der Waals surface area contributed by atoms with E-state index in [2.05, 4.69) is 29.3 Å². The fourth-order valence-corrected chi connectivity index (χ4v) is 6.46. The first kappa shape index (κ1) is 28.2. The number of aromatic nitrogens is 1. The highest BCUT2D eigenvalue weighted by molar-refractivity contribution is 7.07. The molecule has 43 heavy (non-hydrogen) atoms. The Morgan fingerprint density at radius 1 is 0.953 bits per heavy atom. The van der Waals surface area contributed by atoms with Gasteiger partial charge in [-0.25, -0.2) is 9.79 Å². The first-order valence-corrected chi connectivity index (χ1v) is 14.8. The minimum atomic E-state index is -0.758. The molecule has 5 aromatic rings. The van der Waals surface area contributed by atoms with Crippen molar-refractivity contribution in [2.45, 2.75) is 26.5 Å². The highest BCUT2D eigenvalue weighted by Crippen LogP contribution is 2.35. The Morgan fingerprint density at radius 2 is 1.67 bits per heavy atom. The third-order valence-electron chi connectivity index (χ3n) is 7.42. The molecule has 4 aromatic carbocycles. The van der Waals surface area contributed by atoms with E-state index in [0.29, 0.717) is 44.3 Å². The maximum atomic E-state index is 14.1. The average Bonchev–Trinajstić information content (AvgIpc) is 3.33. The molecule has 1 aliphatic rings. The summed E-state index contributed by atoms with van der Waals surface area (Å²) in [5.41, 5.74) is 3.06. The second kappa shape index (κ2) is 12.1. The van der Waals surface area contributed by atoms with Gasteiger partial charge < -0.3 is 14.2 Å². The van der Waals surface area contributed by atoms with E-state index in [-0.39, 0.29) is 12.2 Å². The normalized spacial score (nSPS) is 14.8. The molecule has 1 atom stereocenters. The quantitative estimate of drug-likeness (QED) is 0.222. The summed E-state index contributed by atoms with van der Waals surface area (Å²) in [4.78, 5) is 32.5. The first-order chi connectivity index (χ1) is 21.0. The van der Waals surface area contributed by atoms with Crippen molar-refractivity contribution in [3.63, 3.8) is 0 Å². The Bertz CT molecular complexity index is 2050. The molecule has 0 bridgehead atoms. The lowest BCUT2D eigenvalue weighted by molar-refractivity contribution is -0.139. The maximum absolute atomic E-state index is 14.1. The number of fused-ring (bicyclic) bond motifs is 2. The lowest BCUT2D eigenvalue weighted by Crippen LogP contribution is -2.40. The molecular weight excluding hydrogens is 560 g/mol. The van der Waals surface area contributed by atoms with Gasteiger partial charge in [0.05, 0.1) is 29.5 Å². The minimum Gasteiger partial charge on any atom is -0.496 e. The van der Waals surface area contributed by atoms with Crippen molar-refractivity contribution in [2.75, 3.05) is 13.7 Å². The number of rotatable bonds is 8. The van der Waals surface area contributed by atoms with Crippen LogP contribution in [0.3, 0.4) is 0 Å². The van der Waals surface area contributed by atoms with E-state index < -0.39 is 12.0 Å². The third kappa shape index (κ3) is 5.37. The lowest BCUT2D eigenvalue weighted by atomic mass is 9.95. The van der Waals surface area contributed by atoms with E-state index in [1.807, 2.05) is 72.8 Å². The number of esters is 1. The molecule has 0 N–H and O–H groups in total. The molecule has 0 aliphatic carbocycles. The third-order valence-corrected chi connectivity index (χ3v) is 8.40. The number of methoxy groups -OCH3 is 1. The molecule has 0 saturated carbocycles. The molecule has 0 saturated heterocycles. The van der Waals surface area contributed by atoms with Crippen LogP contribution >= 0.6 is 11.3 Å². The van der Waals surface area contributed by atoms with Gasteiger partial charge in [0.15, 0.2) is 4.80 Å². The summed E-state index contributed by atoms with van der Waals surface area (Å²) in [6.07, 6.45) is 1.82. The van der Waals surface area contributed by atoms with Gasteiger partial charge in [-0.05, 0) is 48.4 Å². The number of benzene rings is 4. The number of hydrogen-bond donors (Lipinski definition) is 0. The Labute approximate surface area is 252 Å². The summed E-state index contributed by atoms with van der Waals surface area (Å²) in [5, 5.41) is 2.29. The summed E-state index contributed by atoms with van der Waals surface area (Å²) in [6, 6.07) is 28.6. The van der Waals surface area contributed by atoms with E-state index in [1.165, 1.54) is 11.3 Å². The standard InChI is InChI=1S/C35H30N2O5S/c1-4-41-34(39)31-22(2)36-35-37(32(31)27-17-8-10-19-29(27)40-3)33(38)30(43-35)20-24-13-6-9-18-28(24)42-21-25-15-11-14-23-12-5-7-16-26(23)25/h5-20,32H,4,21H2,1-3H3/b30-20-. The Morgan fingerprint density at radius 3 is 2.49 bits per heavy atom. The highest BCUT2D eigenvalue weighted by Gasteiger charge is 2.35. The first-order valence-electron chi connectivity index (χ1n) is 14.0. The van der Waals surface area contributed by atoms with E-state index in [4.69, 9.17) is 14.2 Å². The number of ether oxygens (including phenoxy) is 3. The number of thiazole rings is 1. The van der Waals surface area contributed by atoms with Crippen LogP contribution < -0.4 is 24.4 Å². The van der Waals surface area contributed by atoms with Gasteiger partial charge in [0.2, 0.25) is 0 Å². The molecular formula is C35H30N2O5S. The molecule has 6 rings (SSSR count). The summed E-state index contributed by atoms with van der Waals surface area (Å²) in [5.74, 6) is 0.706. The van der Waals surface area contributed by atoms with Crippen LogP contribution in [0.5, 0.6) is 11.5 Å². The number of carbonyl (C=O) groups is 1. The highest BCUT2D eigenvalue weighted by atomic mass is 32.1. The number of allylic oxidation sites excluding steroid dienone is 1. The number of carbonyl (C=O) groups excluding carboxylic acids is 1. The van der Waals surface area contributed by atoms with Crippen LogP contribution in [-0.4, -0.2) is 24.3 Å². The zero-order valence-electron chi connectivity index (χ0n) is 24.1. The Kier molecular flexibility index (Phi) is 7.94. The summed E-state index contributed by atoms with van der Waals surface area (Å²) >= 11 is 1.27. The van der Waals surface area contributed by atoms with Crippen LogP contribution in [0.15, 0.2) is 112 Å². The Balaban J connectivity index is 1.44. The summed E-state index contributed by atoms with van der Waals surface area (Å²) < 4.78 is 19.4. The second-order valence-electron chi connectivity index (χ2n) is 10.0. The number of nitrogens with zero attached hydrogens (tertiary/aromatic N) is 2. The predicted molar refractivity (Wildman–Crippen MR) is 168 cm³/mol. The SMILES string of the molecule is CCOC(=O)C1=C(C)N=c2s/c(=C\c3ccccc3OCc3cccc4ccccc34)c(=O)n2C1c1ccccc1OC. The van der Waals surface area contributed by atoms with Crippen LogP contribution in [0.1, 0.15) is 36.6 Å². The minimum absolute atomic E-state index is 0.203. The summed E-state index contributed by atoms with van der Waals surface area (Å²) in [6.45, 7) is 4.10. The molecule has 1 aromatic heterocycles. The molecule has 0 spiro atoms. The van der Waals surface area contributed by atoms with Crippen molar-refractivity contribution in [3.8, 4) is 11.5 Å². The van der Waals surface area contributed by atoms with Gasteiger partial charge in [-0.2, -0.15) is 0 Å². The molecule has 0 radical (unpaired) electrons. The van der Waals surface area contributed by atoms with Crippen LogP contribution in [-0.2, 0) is 16.1 Å². The van der Waals surface area contributed by atoms with Crippen LogP contribution in [0, 0.1) is 0 Å². The van der Waals surface area contributed by atoms with E-state index >= 15 is 0 Å². The van der Waals surface area contributed by atoms with Gasteiger partial charge in [0.25, 0.3) is 5.56 Å². The van der Waals surface area contributed by atoms with Crippen molar-refractivity contribution in [2.24, 2.45) is 4.99 Å². The topological polar surface area (TPSA) is 79.1 Å². The van der Waals surface area contributed by atoms with E-state index in [0.717, 1.165) is 21.9 Å². The monoisotopic (exact) mass is 590 g/mol. The fourth-order valence-electron chi connectivity index (χ4n) is 5.42. The molecule has 1 unspecified atom stereocenters. The fraction of sp³-hybridized carbons (Fsp3) is 0.171. The van der Waals surface area contributed by atoms with Gasteiger partial charge in [-0.3, -0.25) is 9.36 Å². The van der Waals surface area contributed by atoms with Crippen molar-refractivity contribution >= 4 is 34.2 Å². The Hall–Kier alpha value is -4.95. The van der Waals surface area contributed by atoms with Crippen LogP contribution in [0.2, 0.25) is 0 Å². The maximum Gasteiger partial charge on any atom is 0.338 e. The smallest absolute Gasteiger partial charge is 0.338 e. The molecule has 2 heterocycles. The van der Waals surface area contributed by atoms with Gasteiger partial charge in [-0.15, -0.1) is 0 Å². The van der Waals surface area contributed by atoms with Crippen LogP contribution in [0.4, 0.5) is 0 Å². The number of para-hydroxylation sites is 2. The van der Waals surface area contributed by atoms with Crippen LogP contribution in [0.25, 0.3) is 16.8 Å². The predicted octanol–water partition coefficient (Wildman–Crippen LogP) is 5.54. The van der Waals surface area contributed by atoms with Crippen molar-refractivity contribution in [1.82, 2.24) is 4.57 Å². The van der Waals surface area contributed by atoms with E-state index in [1.54, 1.807) is 25.5 Å². The zero-order chi connectivity index (χ0) is 29.9. The van der Waals surface area contributed by atoms with E-state index in [9.17, 15) is 9.59 Å². The molecule has 7 nitrogen and oxygen atoms in total. The lowest BCUT2D eigenvalue weighted by Gasteiger charge is -2.25. The summed E-state index contributed by atoms with van der Waals surface area (Å²) in [7, 11) is 1.57. The molecule has 0 amide bonds. The van der Waals surface area contributed by atoms with Crippen molar-refractivity contribution < 1.29 is 19.0 Å². The zero-order valence-corrected chi connectivity index (χ0v) is 24.9. The largest absolute Gasteiger partial charge is 0.496 e. The molecule has 216 valence electrons. The molecule has 8 heteroatoms. The number of hydrogen-bond acceptors (Lipinski definition) is 7. The molecule has 0 fully saturated rings. The van der Waals surface area contributed by atoms with Gasteiger partial charge in [0.1, 0.15) is 24.1 Å². The van der Waals surface area contributed by atoms with Crippen molar-refractivity contribution in [3.05, 3.63) is 139 Å². The van der Waals surface area contributed by atoms with Gasteiger partial charge >= 0.3 is 5.97 Å². The van der Waals surface area contributed by atoms with Gasteiger partial charge in [0, 0.05) is 11.1 Å². The average molecular weight is 591 g/mol. The second-order valence-corrected chi connectivity index (χ2v) is 11.0. The van der Waals surface area contributed by atoms with Gasteiger partial charge in [-0.1, -0.05) is 90.2 Å². The van der Waals surface area contributed by atoms with Crippen molar-refractivity contribution in [1.29, 1.82) is 0 Å².